The zero-order chi connectivity index (χ0) is 13.7. The molecule has 0 aromatic heterocycles. The Morgan fingerprint density at radius 2 is 2.05 bits per heavy atom. The summed E-state index contributed by atoms with van der Waals surface area (Å²) in [5.74, 6) is 0.0474. The molecule has 0 aliphatic rings. The number of benzene rings is 2. The van der Waals surface area contributed by atoms with Crippen LogP contribution in [-0.4, -0.2) is 12.5 Å². The minimum Gasteiger partial charge on any atom is -0.356 e. The first-order valence-corrected chi connectivity index (χ1v) is 6.95. The topological polar surface area (TPSA) is 29.1 Å². The highest BCUT2D eigenvalue weighted by Gasteiger charge is 2.02. The molecule has 2 rings (SSSR count). The van der Waals surface area contributed by atoms with E-state index in [0.29, 0.717) is 0 Å². The van der Waals surface area contributed by atoms with E-state index in [1.165, 1.54) is 21.9 Å². The summed E-state index contributed by atoms with van der Waals surface area (Å²) < 4.78 is 0. The zero-order valence-corrected chi connectivity index (χ0v) is 11.7. The Labute approximate surface area is 114 Å². The van der Waals surface area contributed by atoms with Crippen molar-refractivity contribution in [2.45, 2.75) is 33.1 Å². The van der Waals surface area contributed by atoms with E-state index in [4.69, 9.17) is 0 Å². The number of carbonyl (C=O) groups excluding carboxylic acids is 1. The Morgan fingerprint density at radius 3 is 2.79 bits per heavy atom. The molecule has 0 bridgehead atoms. The fourth-order valence-electron chi connectivity index (χ4n) is 2.37. The van der Waals surface area contributed by atoms with Crippen LogP contribution in [0.5, 0.6) is 0 Å². The molecule has 0 aliphatic carbocycles. The van der Waals surface area contributed by atoms with Crippen LogP contribution in [0.2, 0.25) is 0 Å². The number of amides is 1. The summed E-state index contributed by atoms with van der Waals surface area (Å²) in [7, 11) is 0. The fraction of sp³-hybridized carbons (Fsp3) is 0.353. The second-order valence-electron chi connectivity index (χ2n) is 4.91. The molecular weight excluding hydrogens is 234 g/mol. The predicted octanol–water partition coefficient (Wildman–Crippen LogP) is 3.47. The van der Waals surface area contributed by atoms with Crippen LogP contribution in [0, 0.1) is 0 Å². The van der Waals surface area contributed by atoms with Gasteiger partial charge < -0.3 is 5.32 Å². The maximum Gasteiger partial charge on any atom is 0.216 e. The highest BCUT2D eigenvalue weighted by atomic mass is 16.1. The molecule has 0 fully saturated rings. The van der Waals surface area contributed by atoms with Crippen molar-refractivity contribution < 1.29 is 4.79 Å². The van der Waals surface area contributed by atoms with Crippen LogP contribution in [0.3, 0.4) is 0 Å². The van der Waals surface area contributed by atoms with Gasteiger partial charge in [0.25, 0.3) is 0 Å². The lowest BCUT2D eigenvalue weighted by Crippen LogP contribution is -2.21. The third kappa shape index (κ3) is 3.57. The summed E-state index contributed by atoms with van der Waals surface area (Å²) in [6, 6.07) is 13.2. The molecule has 0 unspecified atom stereocenters. The van der Waals surface area contributed by atoms with E-state index in [2.05, 4.69) is 48.6 Å². The summed E-state index contributed by atoms with van der Waals surface area (Å²) in [6.07, 6.45) is 3.05. The van der Waals surface area contributed by atoms with Gasteiger partial charge >= 0.3 is 0 Å². The van der Waals surface area contributed by atoms with Crippen molar-refractivity contribution in [1.82, 2.24) is 5.32 Å². The van der Waals surface area contributed by atoms with Crippen molar-refractivity contribution in [3.05, 3.63) is 47.5 Å². The smallest absolute Gasteiger partial charge is 0.216 e. The second-order valence-corrected chi connectivity index (χ2v) is 4.91. The Hall–Kier alpha value is -1.83. The first kappa shape index (κ1) is 13.6. The van der Waals surface area contributed by atoms with Crippen LogP contribution in [0.4, 0.5) is 0 Å². The average molecular weight is 255 g/mol. The number of carbonyl (C=O) groups is 1. The van der Waals surface area contributed by atoms with E-state index in [9.17, 15) is 4.79 Å². The average Bonchev–Trinajstić information content (AvgIpc) is 2.43. The summed E-state index contributed by atoms with van der Waals surface area (Å²) in [5.41, 5.74) is 2.75. The van der Waals surface area contributed by atoms with Crippen LogP contribution in [-0.2, 0) is 17.6 Å². The van der Waals surface area contributed by atoms with Gasteiger partial charge in [-0.3, -0.25) is 4.79 Å². The van der Waals surface area contributed by atoms with Crippen LogP contribution >= 0.6 is 0 Å². The SMILES string of the molecule is CCc1ccc2cccc(CCCNC(C)=O)c2c1. The van der Waals surface area contributed by atoms with E-state index in [-0.39, 0.29) is 5.91 Å². The number of fused-ring (bicyclic) bond motifs is 1. The van der Waals surface area contributed by atoms with Gasteiger partial charge in [0, 0.05) is 13.5 Å². The van der Waals surface area contributed by atoms with Crippen molar-refractivity contribution in [3.63, 3.8) is 0 Å². The minimum absolute atomic E-state index is 0.0474. The molecule has 0 saturated carbocycles. The van der Waals surface area contributed by atoms with Crippen molar-refractivity contribution in [2.75, 3.05) is 6.54 Å². The summed E-state index contributed by atoms with van der Waals surface area (Å²) >= 11 is 0. The molecule has 0 spiro atoms. The van der Waals surface area contributed by atoms with Gasteiger partial charge in [-0.2, -0.15) is 0 Å². The lowest BCUT2D eigenvalue weighted by atomic mass is 9.98. The lowest BCUT2D eigenvalue weighted by molar-refractivity contribution is -0.118. The molecule has 1 amide bonds. The summed E-state index contributed by atoms with van der Waals surface area (Å²) in [5, 5.41) is 5.50. The van der Waals surface area contributed by atoms with Crippen molar-refractivity contribution in [2.24, 2.45) is 0 Å². The van der Waals surface area contributed by atoms with Gasteiger partial charge in [-0.1, -0.05) is 43.3 Å². The van der Waals surface area contributed by atoms with Gasteiger partial charge in [-0.05, 0) is 41.2 Å². The summed E-state index contributed by atoms with van der Waals surface area (Å²) in [6.45, 7) is 4.49. The molecule has 100 valence electrons. The number of rotatable bonds is 5. The Balaban J connectivity index is 2.15. The third-order valence-electron chi connectivity index (χ3n) is 3.44. The molecule has 0 heterocycles. The normalized spacial score (nSPS) is 10.6. The highest BCUT2D eigenvalue weighted by Crippen LogP contribution is 2.21. The maximum atomic E-state index is 10.8. The molecule has 2 aromatic carbocycles. The van der Waals surface area contributed by atoms with E-state index in [1.807, 2.05) is 0 Å². The first-order chi connectivity index (χ1) is 9.20. The molecular formula is C17H21NO. The predicted molar refractivity (Wildman–Crippen MR) is 80.3 cm³/mol. The lowest BCUT2D eigenvalue weighted by Gasteiger charge is -2.08. The van der Waals surface area contributed by atoms with Gasteiger partial charge in [-0.15, -0.1) is 0 Å². The second kappa shape index (κ2) is 6.37. The van der Waals surface area contributed by atoms with Crippen molar-refractivity contribution >= 4 is 16.7 Å². The van der Waals surface area contributed by atoms with E-state index >= 15 is 0 Å². The Kier molecular flexibility index (Phi) is 4.56. The molecule has 0 atom stereocenters. The van der Waals surface area contributed by atoms with Gasteiger partial charge in [0.15, 0.2) is 0 Å². The summed E-state index contributed by atoms with van der Waals surface area (Å²) in [4.78, 5) is 10.8. The van der Waals surface area contributed by atoms with Gasteiger partial charge in [-0.25, -0.2) is 0 Å². The quantitative estimate of drug-likeness (QED) is 0.814. The molecule has 2 nitrogen and oxygen atoms in total. The molecule has 1 N–H and O–H groups in total. The largest absolute Gasteiger partial charge is 0.356 e. The number of hydrogen-bond acceptors (Lipinski definition) is 1. The minimum atomic E-state index is 0.0474. The maximum absolute atomic E-state index is 10.8. The molecule has 0 radical (unpaired) electrons. The van der Waals surface area contributed by atoms with E-state index in [1.54, 1.807) is 6.92 Å². The highest BCUT2D eigenvalue weighted by molar-refractivity contribution is 5.86. The number of hydrogen-bond donors (Lipinski definition) is 1. The monoisotopic (exact) mass is 255 g/mol. The molecule has 2 heteroatoms. The number of aryl methyl sites for hydroxylation is 2. The zero-order valence-electron chi connectivity index (χ0n) is 11.7. The molecule has 19 heavy (non-hydrogen) atoms. The van der Waals surface area contributed by atoms with Crippen molar-refractivity contribution in [3.8, 4) is 0 Å². The molecule has 0 aliphatic heterocycles. The molecule has 0 saturated heterocycles. The van der Waals surface area contributed by atoms with Crippen LogP contribution in [0.25, 0.3) is 10.8 Å². The van der Waals surface area contributed by atoms with Gasteiger partial charge in [0.1, 0.15) is 0 Å². The standard InChI is InChI=1S/C17H21NO/c1-3-14-9-10-16-7-4-6-15(17(16)12-14)8-5-11-18-13(2)19/h4,6-7,9-10,12H,3,5,8,11H2,1-2H3,(H,18,19). The van der Waals surface area contributed by atoms with Crippen LogP contribution in [0.15, 0.2) is 36.4 Å². The van der Waals surface area contributed by atoms with Gasteiger partial charge in [0.2, 0.25) is 5.91 Å². The van der Waals surface area contributed by atoms with Crippen molar-refractivity contribution in [1.29, 1.82) is 0 Å². The number of nitrogens with one attached hydrogen (secondary N) is 1. The van der Waals surface area contributed by atoms with E-state index in [0.717, 1.165) is 25.8 Å². The molecule has 2 aromatic rings. The van der Waals surface area contributed by atoms with Gasteiger partial charge in [0.05, 0.1) is 0 Å². The fourth-order valence-corrected chi connectivity index (χ4v) is 2.37. The first-order valence-electron chi connectivity index (χ1n) is 6.95. The van der Waals surface area contributed by atoms with E-state index < -0.39 is 0 Å². The van der Waals surface area contributed by atoms with Crippen LogP contribution in [0.1, 0.15) is 31.4 Å². The Morgan fingerprint density at radius 1 is 1.21 bits per heavy atom. The Bertz CT molecular complexity index is 574. The third-order valence-corrected chi connectivity index (χ3v) is 3.44. The van der Waals surface area contributed by atoms with Crippen LogP contribution < -0.4 is 5.32 Å².